The monoisotopic (exact) mass is 297 g/mol. The summed E-state index contributed by atoms with van der Waals surface area (Å²) in [6.45, 7) is 4.33. The maximum absolute atomic E-state index is 9.50. The zero-order chi connectivity index (χ0) is 12.6. The van der Waals surface area contributed by atoms with Crippen molar-refractivity contribution in [2.45, 2.75) is 26.5 Å². The number of hydrogen-bond donors (Lipinski definition) is 2. The molecule has 0 saturated heterocycles. The van der Waals surface area contributed by atoms with Gasteiger partial charge in [-0.1, -0.05) is 15.9 Å². The van der Waals surface area contributed by atoms with Crippen molar-refractivity contribution in [1.82, 2.24) is 4.57 Å². The predicted molar refractivity (Wildman–Crippen MR) is 72.2 cm³/mol. The third kappa shape index (κ3) is 2.25. The first-order valence-corrected chi connectivity index (χ1v) is 6.37. The number of hydrogen-bond acceptors (Lipinski definition) is 2. The summed E-state index contributed by atoms with van der Waals surface area (Å²) in [6, 6.07) is 4.13. The van der Waals surface area contributed by atoms with E-state index in [1.807, 2.05) is 16.8 Å². The number of aliphatic hydroxyl groups is 2. The molecular weight excluding hydrogens is 282 g/mol. The zero-order valence-corrected chi connectivity index (χ0v) is 11.5. The highest BCUT2D eigenvalue weighted by molar-refractivity contribution is 9.10. The summed E-state index contributed by atoms with van der Waals surface area (Å²) in [7, 11) is 0. The van der Waals surface area contributed by atoms with Crippen molar-refractivity contribution in [2.75, 3.05) is 6.61 Å². The van der Waals surface area contributed by atoms with Crippen molar-refractivity contribution >= 4 is 26.8 Å². The quantitative estimate of drug-likeness (QED) is 0.914. The Morgan fingerprint density at radius 2 is 2.12 bits per heavy atom. The molecule has 0 radical (unpaired) electrons. The van der Waals surface area contributed by atoms with Crippen LogP contribution in [0, 0.1) is 13.8 Å². The second-order valence-corrected chi connectivity index (χ2v) is 5.16. The van der Waals surface area contributed by atoms with Gasteiger partial charge in [0, 0.05) is 21.6 Å². The van der Waals surface area contributed by atoms with E-state index in [1.165, 1.54) is 16.5 Å². The zero-order valence-electron chi connectivity index (χ0n) is 9.94. The summed E-state index contributed by atoms with van der Waals surface area (Å²) < 4.78 is 3.10. The molecule has 2 rings (SSSR count). The van der Waals surface area contributed by atoms with Gasteiger partial charge in [0.25, 0.3) is 0 Å². The minimum Gasteiger partial charge on any atom is -0.394 e. The molecule has 1 aromatic heterocycles. The molecule has 0 fully saturated rings. The number of aliphatic hydroxyl groups excluding tert-OH is 2. The van der Waals surface area contributed by atoms with E-state index < -0.39 is 6.10 Å². The number of rotatable bonds is 3. The lowest BCUT2D eigenvalue weighted by atomic mass is 10.1. The highest BCUT2D eigenvalue weighted by Crippen LogP contribution is 2.30. The summed E-state index contributed by atoms with van der Waals surface area (Å²) >= 11 is 3.58. The van der Waals surface area contributed by atoms with Gasteiger partial charge in [0.15, 0.2) is 0 Å². The van der Waals surface area contributed by atoms with Gasteiger partial charge in [0.2, 0.25) is 0 Å². The van der Waals surface area contributed by atoms with Crippen LogP contribution in [0.2, 0.25) is 0 Å². The molecule has 2 aromatic rings. The van der Waals surface area contributed by atoms with Crippen molar-refractivity contribution < 1.29 is 10.2 Å². The van der Waals surface area contributed by atoms with Crippen LogP contribution < -0.4 is 0 Å². The first-order valence-electron chi connectivity index (χ1n) is 5.58. The Bertz CT molecular complexity index is 548. The second kappa shape index (κ2) is 4.80. The minimum atomic E-state index is -0.713. The Balaban J connectivity index is 2.54. The van der Waals surface area contributed by atoms with E-state index in [0.29, 0.717) is 6.54 Å². The van der Waals surface area contributed by atoms with E-state index in [0.717, 1.165) is 9.99 Å². The van der Waals surface area contributed by atoms with Crippen LogP contribution in [0.5, 0.6) is 0 Å². The van der Waals surface area contributed by atoms with Gasteiger partial charge in [0.05, 0.1) is 19.3 Å². The van der Waals surface area contributed by atoms with E-state index in [2.05, 4.69) is 35.8 Å². The maximum atomic E-state index is 9.50. The van der Waals surface area contributed by atoms with Gasteiger partial charge in [-0.15, -0.1) is 0 Å². The molecule has 0 aliphatic rings. The van der Waals surface area contributed by atoms with Crippen LogP contribution in [0.1, 0.15) is 11.1 Å². The Morgan fingerprint density at radius 1 is 1.41 bits per heavy atom. The Morgan fingerprint density at radius 3 is 2.76 bits per heavy atom. The fraction of sp³-hybridized carbons (Fsp3) is 0.385. The Labute approximate surface area is 109 Å². The SMILES string of the molecule is Cc1cc2c(ccn2CC(O)CO)c(C)c1Br. The van der Waals surface area contributed by atoms with Crippen molar-refractivity contribution in [2.24, 2.45) is 0 Å². The first-order chi connectivity index (χ1) is 8.04. The van der Waals surface area contributed by atoms with Crippen LogP contribution >= 0.6 is 15.9 Å². The van der Waals surface area contributed by atoms with E-state index in [-0.39, 0.29) is 6.61 Å². The van der Waals surface area contributed by atoms with Gasteiger partial charge >= 0.3 is 0 Å². The van der Waals surface area contributed by atoms with Crippen molar-refractivity contribution in [3.8, 4) is 0 Å². The molecule has 0 spiro atoms. The number of halogens is 1. The first kappa shape index (κ1) is 12.6. The summed E-state index contributed by atoms with van der Waals surface area (Å²) in [6.07, 6.45) is 1.23. The fourth-order valence-corrected chi connectivity index (χ4v) is 2.42. The van der Waals surface area contributed by atoms with Crippen LogP contribution in [0.3, 0.4) is 0 Å². The van der Waals surface area contributed by atoms with E-state index in [4.69, 9.17) is 5.11 Å². The number of fused-ring (bicyclic) bond motifs is 1. The van der Waals surface area contributed by atoms with E-state index in [1.54, 1.807) is 0 Å². The van der Waals surface area contributed by atoms with Gasteiger partial charge in [0.1, 0.15) is 0 Å². The highest BCUT2D eigenvalue weighted by Gasteiger charge is 2.11. The standard InChI is InChI=1S/C13H16BrNO2/c1-8-5-12-11(9(2)13(8)14)3-4-15(12)6-10(17)7-16/h3-5,10,16-17H,6-7H2,1-2H3. The van der Waals surface area contributed by atoms with Gasteiger partial charge in [-0.25, -0.2) is 0 Å². The smallest absolute Gasteiger partial charge is 0.0949 e. The second-order valence-electron chi connectivity index (χ2n) is 4.37. The number of aryl methyl sites for hydroxylation is 2. The lowest BCUT2D eigenvalue weighted by Crippen LogP contribution is -2.19. The largest absolute Gasteiger partial charge is 0.394 e. The normalized spacial score (nSPS) is 13.2. The molecule has 1 unspecified atom stereocenters. The lowest BCUT2D eigenvalue weighted by Gasteiger charge is -2.11. The molecule has 0 amide bonds. The molecule has 1 heterocycles. The average molecular weight is 298 g/mol. The van der Waals surface area contributed by atoms with Crippen LogP contribution in [-0.4, -0.2) is 27.5 Å². The van der Waals surface area contributed by atoms with Crippen LogP contribution in [0.4, 0.5) is 0 Å². The molecule has 92 valence electrons. The molecule has 3 nitrogen and oxygen atoms in total. The molecule has 0 saturated carbocycles. The molecule has 1 aromatic carbocycles. The van der Waals surface area contributed by atoms with E-state index >= 15 is 0 Å². The number of nitrogens with zero attached hydrogens (tertiary/aromatic N) is 1. The third-order valence-electron chi connectivity index (χ3n) is 3.06. The number of aromatic nitrogens is 1. The molecule has 2 N–H and O–H groups in total. The lowest BCUT2D eigenvalue weighted by molar-refractivity contribution is 0.0822. The van der Waals surface area contributed by atoms with Crippen molar-refractivity contribution in [3.63, 3.8) is 0 Å². The minimum absolute atomic E-state index is 0.214. The maximum Gasteiger partial charge on any atom is 0.0949 e. The number of benzene rings is 1. The molecule has 4 heteroatoms. The molecule has 1 atom stereocenters. The van der Waals surface area contributed by atoms with Gasteiger partial charge in [-0.05, 0) is 37.1 Å². The highest BCUT2D eigenvalue weighted by atomic mass is 79.9. The summed E-state index contributed by atoms with van der Waals surface area (Å²) in [5.74, 6) is 0. The predicted octanol–water partition coefficient (Wildman–Crippen LogP) is 2.37. The topological polar surface area (TPSA) is 45.4 Å². The Kier molecular flexibility index (Phi) is 3.56. The molecule has 0 aliphatic carbocycles. The van der Waals surface area contributed by atoms with Gasteiger partial charge in [-0.2, -0.15) is 0 Å². The molecular formula is C13H16BrNO2. The van der Waals surface area contributed by atoms with Crippen LogP contribution in [0.25, 0.3) is 10.9 Å². The summed E-state index contributed by atoms with van der Waals surface area (Å²) in [5.41, 5.74) is 3.47. The third-order valence-corrected chi connectivity index (χ3v) is 4.28. The van der Waals surface area contributed by atoms with Crippen LogP contribution in [0.15, 0.2) is 22.8 Å². The van der Waals surface area contributed by atoms with Gasteiger partial charge < -0.3 is 14.8 Å². The van der Waals surface area contributed by atoms with Gasteiger partial charge in [-0.3, -0.25) is 0 Å². The molecule has 0 bridgehead atoms. The van der Waals surface area contributed by atoms with Crippen molar-refractivity contribution in [1.29, 1.82) is 0 Å². The fourth-order valence-electron chi connectivity index (χ4n) is 2.09. The summed E-state index contributed by atoms with van der Waals surface area (Å²) in [5, 5.41) is 19.6. The average Bonchev–Trinajstić information content (AvgIpc) is 2.69. The van der Waals surface area contributed by atoms with Crippen molar-refractivity contribution in [3.05, 3.63) is 33.9 Å². The molecule has 0 aliphatic heterocycles. The molecule has 17 heavy (non-hydrogen) atoms. The Hall–Kier alpha value is -0.840. The van der Waals surface area contributed by atoms with Crippen LogP contribution in [-0.2, 0) is 6.54 Å². The summed E-state index contributed by atoms with van der Waals surface area (Å²) in [4.78, 5) is 0. The van der Waals surface area contributed by atoms with E-state index in [9.17, 15) is 5.11 Å².